The van der Waals surface area contributed by atoms with Crippen molar-refractivity contribution in [1.82, 2.24) is 0 Å². The number of nitro benzene ring substituents is 1. The van der Waals surface area contributed by atoms with Crippen molar-refractivity contribution in [2.45, 2.75) is 39.0 Å². The van der Waals surface area contributed by atoms with Gasteiger partial charge in [-0.05, 0) is 55.0 Å². The van der Waals surface area contributed by atoms with Crippen LogP contribution in [0.4, 0.5) is 17.1 Å². The van der Waals surface area contributed by atoms with Crippen LogP contribution in [0, 0.1) is 10.1 Å². The number of amides is 1. The highest BCUT2D eigenvalue weighted by molar-refractivity contribution is 5.96. The van der Waals surface area contributed by atoms with Gasteiger partial charge in [-0.25, -0.2) is 4.79 Å². The fourth-order valence-corrected chi connectivity index (χ4v) is 3.56. The molecule has 164 valence electrons. The zero-order chi connectivity index (χ0) is 22.4. The van der Waals surface area contributed by atoms with Crippen molar-refractivity contribution in [3.63, 3.8) is 0 Å². The van der Waals surface area contributed by atoms with Crippen LogP contribution in [0.1, 0.15) is 54.9 Å². The predicted octanol–water partition coefficient (Wildman–Crippen LogP) is 4.50. The number of carbonyl (C=O) groups excluding carboxylic acids is 2. The monoisotopic (exact) mass is 425 g/mol. The molecule has 2 aromatic carbocycles. The zero-order valence-electron chi connectivity index (χ0n) is 17.8. The summed E-state index contributed by atoms with van der Waals surface area (Å²) in [7, 11) is 0. The van der Waals surface area contributed by atoms with E-state index < -0.39 is 23.4 Å². The number of ether oxygens (including phenoxy) is 1. The van der Waals surface area contributed by atoms with Crippen molar-refractivity contribution in [1.29, 1.82) is 0 Å². The highest BCUT2D eigenvalue weighted by atomic mass is 16.6. The predicted molar refractivity (Wildman–Crippen MR) is 119 cm³/mol. The Kier molecular flexibility index (Phi) is 7.23. The quantitative estimate of drug-likeness (QED) is 0.379. The Morgan fingerprint density at radius 2 is 1.84 bits per heavy atom. The van der Waals surface area contributed by atoms with E-state index in [0.717, 1.165) is 32.4 Å². The maximum atomic E-state index is 12.3. The summed E-state index contributed by atoms with van der Waals surface area (Å²) in [5, 5.41) is 14.1. The Morgan fingerprint density at radius 3 is 2.45 bits per heavy atom. The van der Waals surface area contributed by atoms with Gasteiger partial charge in [0.05, 0.1) is 10.5 Å². The lowest BCUT2D eigenvalue weighted by molar-refractivity contribution is -0.384. The van der Waals surface area contributed by atoms with E-state index in [4.69, 9.17) is 4.74 Å². The van der Waals surface area contributed by atoms with E-state index in [0.29, 0.717) is 17.3 Å². The van der Waals surface area contributed by atoms with Gasteiger partial charge in [-0.15, -0.1) is 0 Å². The van der Waals surface area contributed by atoms with Crippen LogP contribution in [0.5, 0.6) is 0 Å². The number of anilines is 2. The highest BCUT2D eigenvalue weighted by Crippen LogP contribution is 2.31. The molecule has 0 aromatic heterocycles. The van der Waals surface area contributed by atoms with Gasteiger partial charge < -0.3 is 15.0 Å². The average Bonchev–Trinajstić information content (AvgIpc) is 3.31. The molecule has 1 saturated heterocycles. The summed E-state index contributed by atoms with van der Waals surface area (Å²) in [6.45, 7) is 5.28. The molecule has 2 aromatic rings. The van der Waals surface area contributed by atoms with Crippen LogP contribution in [0.2, 0.25) is 0 Å². The number of hydrogen-bond acceptors (Lipinski definition) is 6. The van der Waals surface area contributed by atoms with Crippen molar-refractivity contribution < 1.29 is 19.2 Å². The first-order chi connectivity index (χ1) is 14.9. The second-order valence-electron chi connectivity index (χ2n) is 7.71. The van der Waals surface area contributed by atoms with Gasteiger partial charge in [-0.2, -0.15) is 0 Å². The third-order valence-electron chi connectivity index (χ3n) is 5.56. The summed E-state index contributed by atoms with van der Waals surface area (Å²) in [4.78, 5) is 37.4. The second-order valence-corrected chi connectivity index (χ2v) is 7.71. The maximum absolute atomic E-state index is 12.3. The van der Waals surface area contributed by atoms with Gasteiger partial charge in [0.1, 0.15) is 5.69 Å². The number of nitrogens with one attached hydrogen (secondary N) is 1. The molecule has 31 heavy (non-hydrogen) atoms. The van der Waals surface area contributed by atoms with Gasteiger partial charge >= 0.3 is 5.97 Å². The summed E-state index contributed by atoms with van der Waals surface area (Å²) < 4.78 is 5.05. The molecule has 1 atom stereocenters. The largest absolute Gasteiger partial charge is 0.452 e. The van der Waals surface area contributed by atoms with Crippen molar-refractivity contribution in [3.8, 4) is 0 Å². The van der Waals surface area contributed by atoms with Crippen LogP contribution in [-0.4, -0.2) is 36.5 Å². The minimum atomic E-state index is -0.779. The molecular weight excluding hydrogens is 398 g/mol. The number of nitrogens with zero attached hydrogens (tertiary/aromatic N) is 2. The van der Waals surface area contributed by atoms with E-state index in [-0.39, 0.29) is 11.3 Å². The zero-order valence-corrected chi connectivity index (χ0v) is 17.8. The molecule has 1 N–H and O–H groups in total. The van der Waals surface area contributed by atoms with Gasteiger partial charge in [-0.3, -0.25) is 14.9 Å². The number of benzene rings is 2. The molecule has 0 unspecified atom stereocenters. The molecule has 1 aliphatic rings. The first-order valence-corrected chi connectivity index (χ1v) is 10.5. The van der Waals surface area contributed by atoms with Gasteiger partial charge in [-0.1, -0.05) is 26.0 Å². The fourth-order valence-electron chi connectivity index (χ4n) is 3.56. The Morgan fingerprint density at radius 1 is 1.16 bits per heavy atom. The molecule has 3 rings (SSSR count). The summed E-state index contributed by atoms with van der Waals surface area (Å²) in [5.41, 5.74) is 2.20. The number of rotatable bonds is 8. The number of esters is 1. The summed E-state index contributed by atoms with van der Waals surface area (Å²) in [5.74, 6) is -0.821. The van der Waals surface area contributed by atoms with Gasteiger partial charge in [0.15, 0.2) is 6.61 Å². The first kappa shape index (κ1) is 22.3. The highest BCUT2D eigenvalue weighted by Gasteiger charge is 2.24. The second kappa shape index (κ2) is 10.1. The Balaban J connectivity index is 1.59. The minimum absolute atomic E-state index is 0.0420. The Bertz CT molecular complexity index is 952. The SMILES string of the molecule is CC[C@@H](C)c1ccc(NC(=O)COC(=O)c2ccc(N3CCCC3)c([N+](=O)[O-])c2)cc1. The van der Waals surface area contributed by atoms with Crippen LogP contribution < -0.4 is 10.2 Å². The van der Waals surface area contributed by atoms with Gasteiger partial charge in [0.25, 0.3) is 11.6 Å². The van der Waals surface area contributed by atoms with Crippen LogP contribution in [-0.2, 0) is 9.53 Å². The van der Waals surface area contributed by atoms with E-state index >= 15 is 0 Å². The molecule has 0 bridgehead atoms. The molecule has 0 saturated carbocycles. The molecule has 1 fully saturated rings. The third kappa shape index (κ3) is 5.59. The molecule has 1 heterocycles. The van der Waals surface area contributed by atoms with E-state index in [2.05, 4.69) is 19.2 Å². The average molecular weight is 425 g/mol. The van der Waals surface area contributed by atoms with Crippen molar-refractivity contribution in [2.24, 2.45) is 0 Å². The summed E-state index contributed by atoms with van der Waals surface area (Å²) in [6, 6.07) is 11.8. The Hall–Kier alpha value is -3.42. The molecular formula is C23H27N3O5. The lowest BCUT2D eigenvalue weighted by Crippen LogP contribution is -2.21. The lowest BCUT2D eigenvalue weighted by Gasteiger charge is -2.17. The number of carbonyl (C=O) groups is 2. The molecule has 0 aliphatic carbocycles. The molecule has 8 nitrogen and oxygen atoms in total. The van der Waals surface area contributed by atoms with E-state index in [9.17, 15) is 19.7 Å². The van der Waals surface area contributed by atoms with E-state index in [1.807, 2.05) is 29.2 Å². The minimum Gasteiger partial charge on any atom is -0.452 e. The van der Waals surface area contributed by atoms with Crippen molar-refractivity contribution in [3.05, 3.63) is 63.7 Å². The van der Waals surface area contributed by atoms with E-state index in [1.54, 1.807) is 6.07 Å². The Labute approximate surface area is 181 Å². The standard InChI is InChI=1S/C23H27N3O5/c1-3-16(2)17-6-9-19(10-7-17)24-22(27)15-31-23(28)18-8-11-20(21(14-18)26(29)30)25-12-4-5-13-25/h6-11,14,16H,3-5,12-13,15H2,1-2H3,(H,24,27)/t16-/m1/s1. The maximum Gasteiger partial charge on any atom is 0.338 e. The van der Waals surface area contributed by atoms with Gasteiger partial charge in [0, 0.05) is 24.8 Å². The molecule has 0 spiro atoms. The van der Waals surface area contributed by atoms with Crippen LogP contribution in [0.3, 0.4) is 0 Å². The topological polar surface area (TPSA) is 102 Å². The van der Waals surface area contributed by atoms with Gasteiger partial charge in [0.2, 0.25) is 0 Å². The first-order valence-electron chi connectivity index (χ1n) is 10.5. The van der Waals surface area contributed by atoms with Crippen molar-refractivity contribution in [2.75, 3.05) is 29.9 Å². The normalized spacial score (nSPS) is 14.2. The summed E-state index contributed by atoms with van der Waals surface area (Å²) >= 11 is 0. The summed E-state index contributed by atoms with van der Waals surface area (Å²) in [6.07, 6.45) is 2.99. The smallest absolute Gasteiger partial charge is 0.338 e. The number of nitro groups is 1. The van der Waals surface area contributed by atoms with E-state index in [1.165, 1.54) is 17.7 Å². The molecule has 1 amide bonds. The molecule has 1 aliphatic heterocycles. The molecule has 8 heteroatoms. The lowest BCUT2D eigenvalue weighted by atomic mass is 9.99. The third-order valence-corrected chi connectivity index (χ3v) is 5.56. The molecule has 0 radical (unpaired) electrons. The van der Waals surface area contributed by atoms with Crippen molar-refractivity contribution >= 4 is 28.9 Å². The van der Waals surface area contributed by atoms with Crippen LogP contribution in [0.25, 0.3) is 0 Å². The van der Waals surface area contributed by atoms with Crippen LogP contribution >= 0.6 is 0 Å². The van der Waals surface area contributed by atoms with Crippen LogP contribution in [0.15, 0.2) is 42.5 Å². The number of hydrogen-bond donors (Lipinski definition) is 1. The fraction of sp³-hybridized carbons (Fsp3) is 0.391.